The maximum absolute atomic E-state index is 4.80. The predicted octanol–water partition coefficient (Wildman–Crippen LogP) is 4.02. The minimum Gasteiger partial charge on any atom is -0.262 e. The molecular formula is C16H11BrN4. The molecule has 0 aliphatic heterocycles. The Balaban J connectivity index is 2.15. The lowest BCUT2D eigenvalue weighted by Gasteiger charge is -2.08. The number of halogens is 1. The second-order valence-corrected chi connectivity index (χ2v) is 5.78. The second kappa shape index (κ2) is 4.63. The van der Waals surface area contributed by atoms with Crippen molar-refractivity contribution in [3.63, 3.8) is 0 Å². The summed E-state index contributed by atoms with van der Waals surface area (Å²) in [5, 5.41) is 9.54. The van der Waals surface area contributed by atoms with Gasteiger partial charge in [-0.3, -0.25) is 4.40 Å². The standard InChI is InChI=1S/C16H11BrN4/c1-10-19-20-16-13-4-2-3-5-14(13)18-15(21(10)16)11-6-8-12(17)9-7-11/h2-9H,1H3. The summed E-state index contributed by atoms with van der Waals surface area (Å²) in [5.41, 5.74) is 2.81. The van der Waals surface area contributed by atoms with E-state index in [0.29, 0.717) is 0 Å². The van der Waals surface area contributed by atoms with Gasteiger partial charge in [0, 0.05) is 15.4 Å². The average Bonchev–Trinajstić information content (AvgIpc) is 2.90. The summed E-state index contributed by atoms with van der Waals surface area (Å²) in [6.07, 6.45) is 0. The van der Waals surface area contributed by atoms with Gasteiger partial charge in [0.1, 0.15) is 11.6 Å². The van der Waals surface area contributed by atoms with E-state index in [4.69, 9.17) is 4.98 Å². The number of fused-ring (bicyclic) bond motifs is 3. The third-order valence-electron chi connectivity index (χ3n) is 3.51. The van der Waals surface area contributed by atoms with E-state index >= 15 is 0 Å². The topological polar surface area (TPSA) is 43.1 Å². The van der Waals surface area contributed by atoms with E-state index in [2.05, 4.69) is 26.1 Å². The molecule has 2 aromatic carbocycles. The van der Waals surface area contributed by atoms with Crippen molar-refractivity contribution in [1.82, 2.24) is 19.6 Å². The zero-order valence-electron chi connectivity index (χ0n) is 11.3. The van der Waals surface area contributed by atoms with Crippen LogP contribution in [0.15, 0.2) is 53.0 Å². The number of benzene rings is 2. The normalized spacial score (nSPS) is 11.3. The van der Waals surface area contributed by atoms with Gasteiger partial charge in [0.25, 0.3) is 0 Å². The molecule has 0 saturated carbocycles. The van der Waals surface area contributed by atoms with Gasteiger partial charge in [-0.15, -0.1) is 10.2 Å². The molecular weight excluding hydrogens is 328 g/mol. The summed E-state index contributed by atoms with van der Waals surface area (Å²) >= 11 is 3.46. The van der Waals surface area contributed by atoms with Crippen LogP contribution in [0.3, 0.4) is 0 Å². The molecule has 0 amide bonds. The molecule has 0 fully saturated rings. The number of aromatic nitrogens is 4. The van der Waals surface area contributed by atoms with Crippen molar-refractivity contribution in [3.05, 3.63) is 58.8 Å². The molecule has 0 spiro atoms. The van der Waals surface area contributed by atoms with E-state index < -0.39 is 0 Å². The van der Waals surface area contributed by atoms with Crippen molar-refractivity contribution in [2.24, 2.45) is 0 Å². The number of aryl methyl sites for hydroxylation is 1. The van der Waals surface area contributed by atoms with Crippen molar-refractivity contribution >= 4 is 32.5 Å². The van der Waals surface area contributed by atoms with Gasteiger partial charge >= 0.3 is 0 Å². The third-order valence-corrected chi connectivity index (χ3v) is 4.04. The molecule has 5 heteroatoms. The molecule has 2 aromatic heterocycles. The zero-order chi connectivity index (χ0) is 14.4. The van der Waals surface area contributed by atoms with E-state index in [1.807, 2.05) is 59.9 Å². The molecule has 0 atom stereocenters. The molecule has 102 valence electrons. The summed E-state index contributed by atoms with van der Waals surface area (Å²) < 4.78 is 3.05. The Kier molecular flexibility index (Phi) is 2.75. The third kappa shape index (κ3) is 1.93. The van der Waals surface area contributed by atoms with Crippen molar-refractivity contribution < 1.29 is 0 Å². The van der Waals surface area contributed by atoms with E-state index in [9.17, 15) is 0 Å². The highest BCUT2D eigenvalue weighted by Crippen LogP contribution is 2.26. The molecule has 0 saturated heterocycles. The largest absolute Gasteiger partial charge is 0.262 e. The van der Waals surface area contributed by atoms with Gasteiger partial charge in [0.05, 0.1) is 5.52 Å². The Hall–Kier alpha value is -2.27. The molecule has 0 bridgehead atoms. The summed E-state index contributed by atoms with van der Waals surface area (Å²) in [5.74, 6) is 1.69. The highest BCUT2D eigenvalue weighted by molar-refractivity contribution is 9.10. The van der Waals surface area contributed by atoms with Crippen LogP contribution < -0.4 is 0 Å². The minimum atomic E-state index is 0.834. The lowest BCUT2D eigenvalue weighted by atomic mass is 10.2. The summed E-state index contributed by atoms with van der Waals surface area (Å²) in [6, 6.07) is 16.1. The van der Waals surface area contributed by atoms with Crippen LogP contribution in [0.4, 0.5) is 0 Å². The van der Waals surface area contributed by atoms with Crippen LogP contribution in [0.25, 0.3) is 27.9 Å². The van der Waals surface area contributed by atoms with Crippen LogP contribution >= 0.6 is 15.9 Å². The first-order chi connectivity index (χ1) is 10.2. The number of nitrogens with zero attached hydrogens (tertiary/aromatic N) is 4. The van der Waals surface area contributed by atoms with E-state index in [-0.39, 0.29) is 0 Å². The van der Waals surface area contributed by atoms with E-state index in [1.165, 1.54) is 0 Å². The van der Waals surface area contributed by atoms with Crippen LogP contribution in [0.2, 0.25) is 0 Å². The van der Waals surface area contributed by atoms with E-state index in [1.54, 1.807) is 0 Å². The van der Waals surface area contributed by atoms with Crippen LogP contribution in [0.1, 0.15) is 5.82 Å². The van der Waals surface area contributed by atoms with Crippen molar-refractivity contribution in [2.45, 2.75) is 6.92 Å². The molecule has 2 heterocycles. The second-order valence-electron chi connectivity index (χ2n) is 4.87. The Morgan fingerprint density at radius 1 is 0.952 bits per heavy atom. The number of para-hydroxylation sites is 1. The molecule has 0 radical (unpaired) electrons. The van der Waals surface area contributed by atoms with Gasteiger partial charge in [-0.2, -0.15) is 0 Å². The van der Waals surface area contributed by atoms with E-state index in [0.717, 1.165) is 38.2 Å². The summed E-state index contributed by atoms with van der Waals surface area (Å²) in [4.78, 5) is 4.80. The van der Waals surface area contributed by atoms with Gasteiger partial charge in [-0.1, -0.05) is 40.2 Å². The van der Waals surface area contributed by atoms with Crippen molar-refractivity contribution in [3.8, 4) is 11.4 Å². The molecule has 0 N–H and O–H groups in total. The molecule has 4 aromatic rings. The van der Waals surface area contributed by atoms with Crippen LogP contribution in [-0.2, 0) is 0 Å². The minimum absolute atomic E-state index is 0.834. The Morgan fingerprint density at radius 2 is 1.71 bits per heavy atom. The Bertz CT molecular complexity index is 957. The van der Waals surface area contributed by atoms with Crippen LogP contribution in [-0.4, -0.2) is 19.6 Å². The van der Waals surface area contributed by atoms with Gasteiger partial charge < -0.3 is 0 Å². The average molecular weight is 339 g/mol. The maximum atomic E-state index is 4.80. The number of hydrogen-bond donors (Lipinski definition) is 0. The Morgan fingerprint density at radius 3 is 2.52 bits per heavy atom. The predicted molar refractivity (Wildman–Crippen MR) is 86.2 cm³/mol. The smallest absolute Gasteiger partial charge is 0.171 e. The quantitative estimate of drug-likeness (QED) is 0.526. The van der Waals surface area contributed by atoms with Crippen LogP contribution in [0, 0.1) is 6.92 Å². The lowest BCUT2D eigenvalue weighted by molar-refractivity contribution is 0.996. The molecule has 4 rings (SSSR count). The SMILES string of the molecule is Cc1nnc2c3ccccc3nc(-c3ccc(Br)cc3)n12. The van der Waals surface area contributed by atoms with Gasteiger partial charge in [-0.05, 0) is 31.2 Å². The zero-order valence-corrected chi connectivity index (χ0v) is 12.9. The van der Waals surface area contributed by atoms with Crippen molar-refractivity contribution in [1.29, 1.82) is 0 Å². The first-order valence-corrected chi connectivity index (χ1v) is 7.40. The molecule has 4 nitrogen and oxygen atoms in total. The fraction of sp³-hybridized carbons (Fsp3) is 0.0625. The van der Waals surface area contributed by atoms with Gasteiger partial charge in [0.15, 0.2) is 5.65 Å². The highest BCUT2D eigenvalue weighted by atomic mass is 79.9. The molecule has 0 aliphatic rings. The summed E-state index contributed by atoms with van der Waals surface area (Å²) in [6.45, 7) is 1.94. The van der Waals surface area contributed by atoms with Crippen molar-refractivity contribution in [2.75, 3.05) is 0 Å². The fourth-order valence-corrected chi connectivity index (χ4v) is 2.77. The molecule has 0 unspecified atom stereocenters. The van der Waals surface area contributed by atoms with Gasteiger partial charge in [0.2, 0.25) is 0 Å². The Labute approximate surface area is 129 Å². The molecule has 0 aliphatic carbocycles. The highest BCUT2D eigenvalue weighted by Gasteiger charge is 2.13. The fourth-order valence-electron chi connectivity index (χ4n) is 2.51. The summed E-state index contributed by atoms with van der Waals surface area (Å²) in [7, 11) is 0. The maximum Gasteiger partial charge on any atom is 0.171 e. The first-order valence-electron chi connectivity index (χ1n) is 6.60. The number of hydrogen-bond acceptors (Lipinski definition) is 3. The van der Waals surface area contributed by atoms with Crippen LogP contribution in [0.5, 0.6) is 0 Å². The lowest BCUT2D eigenvalue weighted by Crippen LogP contribution is -1.99. The number of rotatable bonds is 1. The molecule has 21 heavy (non-hydrogen) atoms. The monoisotopic (exact) mass is 338 g/mol. The van der Waals surface area contributed by atoms with Gasteiger partial charge in [-0.25, -0.2) is 4.98 Å². The first kappa shape index (κ1) is 12.5.